The summed E-state index contributed by atoms with van der Waals surface area (Å²) in [6.07, 6.45) is -3.41. The van der Waals surface area contributed by atoms with Crippen molar-refractivity contribution >= 4 is 31.1 Å². The summed E-state index contributed by atoms with van der Waals surface area (Å²) in [5.74, 6) is -0.294. The number of aliphatic hydroxyl groups is 1. The predicted octanol–water partition coefficient (Wildman–Crippen LogP) is 1.34. The van der Waals surface area contributed by atoms with Crippen molar-refractivity contribution in [3.8, 4) is 0 Å². The van der Waals surface area contributed by atoms with Gasteiger partial charge >= 0.3 is 8.25 Å². The Balaban J connectivity index is 1.63. The molecule has 1 aromatic carbocycles. The number of alkyl halides is 1. The zero-order chi connectivity index (χ0) is 21.3. The summed E-state index contributed by atoms with van der Waals surface area (Å²) >= 11 is 0. The van der Waals surface area contributed by atoms with Crippen molar-refractivity contribution in [2.24, 2.45) is 0 Å². The quantitative estimate of drug-likeness (QED) is 0.487. The van der Waals surface area contributed by atoms with Gasteiger partial charge in [-0.3, -0.25) is 9.36 Å². The van der Waals surface area contributed by atoms with E-state index in [1.165, 1.54) is 17.2 Å². The molecular weight excluding hydrogens is 420 g/mol. The minimum Gasteiger partial charge on any atom is -0.394 e. The third-order valence-electron chi connectivity index (χ3n) is 4.56. The topological polar surface area (TPSA) is 149 Å². The molecule has 1 fully saturated rings. The van der Waals surface area contributed by atoms with Crippen molar-refractivity contribution < 1.29 is 33.0 Å². The zero-order valence-corrected chi connectivity index (χ0v) is 16.1. The molecule has 156 valence electrons. The molecule has 3 N–H and O–H groups in total. The second-order valence-corrected chi connectivity index (χ2v) is 7.05. The van der Waals surface area contributed by atoms with Crippen LogP contribution in [-0.4, -0.2) is 60.4 Å². The Kier molecular flexibility index (Phi) is 5.75. The standard InChI is InChI=1S/C17H15FN5O6P/c18-11-13(29-30(26)27)10(6-24)28-17(11)23-8-21-12-14(19-7-20-15(12)23)22-16(25)9-4-2-1-3-5-9/h1-5,7-8,10-11,13,17,24H,6H2,(H-,19,20,22,25,26,27)/p+1/t10-,11-,13-,17-/m1/s1. The van der Waals surface area contributed by atoms with Crippen LogP contribution in [0.5, 0.6) is 0 Å². The Bertz CT molecular complexity index is 1080. The lowest BCUT2D eigenvalue weighted by Gasteiger charge is -2.15. The van der Waals surface area contributed by atoms with E-state index >= 15 is 0 Å². The molecule has 1 aliphatic rings. The van der Waals surface area contributed by atoms with Gasteiger partial charge < -0.3 is 15.2 Å². The van der Waals surface area contributed by atoms with Gasteiger partial charge in [0.2, 0.25) is 0 Å². The number of aromatic nitrogens is 4. The van der Waals surface area contributed by atoms with Crippen LogP contribution in [-0.2, 0) is 13.8 Å². The van der Waals surface area contributed by atoms with Crippen LogP contribution in [0.15, 0.2) is 43.0 Å². The molecule has 11 nitrogen and oxygen atoms in total. The third-order valence-corrected chi connectivity index (χ3v) is 4.98. The maximum atomic E-state index is 14.9. The molecule has 0 bridgehead atoms. The maximum absolute atomic E-state index is 14.9. The van der Waals surface area contributed by atoms with Crippen LogP contribution in [0.25, 0.3) is 11.2 Å². The van der Waals surface area contributed by atoms with Crippen LogP contribution >= 0.6 is 8.25 Å². The second-order valence-electron chi connectivity index (χ2n) is 6.37. The number of carbonyl (C=O) groups is 1. The number of fused-ring (bicyclic) bond motifs is 1. The fraction of sp³-hybridized carbons (Fsp3) is 0.294. The minimum absolute atomic E-state index is 0.117. The predicted molar refractivity (Wildman–Crippen MR) is 100 cm³/mol. The number of benzene rings is 1. The highest BCUT2D eigenvalue weighted by Gasteiger charge is 2.51. The van der Waals surface area contributed by atoms with Crippen molar-refractivity contribution in [3.05, 3.63) is 48.5 Å². The van der Waals surface area contributed by atoms with Gasteiger partial charge in [0.1, 0.15) is 12.4 Å². The van der Waals surface area contributed by atoms with Crippen LogP contribution in [0.2, 0.25) is 0 Å². The second kappa shape index (κ2) is 8.46. The highest BCUT2D eigenvalue weighted by molar-refractivity contribution is 7.32. The Labute approximate surface area is 169 Å². The average molecular weight is 436 g/mol. The van der Waals surface area contributed by atoms with E-state index in [-0.39, 0.29) is 17.0 Å². The average Bonchev–Trinajstić information content (AvgIpc) is 3.30. The summed E-state index contributed by atoms with van der Waals surface area (Å²) in [5.41, 5.74) is 0.762. The summed E-state index contributed by atoms with van der Waals surface area (Å²) in [6, 6.07) is 8.48. The molecule has 3 heterocycles. The molecule has 5 atom stereocenters. The largest absolute Gasteiger partial charge is 0.695 e. The number of halogens is 1. The molecule has 30 heavy (non-hydrogen) atoms. The number of imidazole rings is 1. The fourth-order valence-electron chi connectivity index (χ4n) is 3.19. The molecule has 1 unspecified atom stereocenters. The Hall–Kier alpha value is -2.89. The summed E-state index contributed by atoms with van der Waals surface area (Å²) in [6.45, 7) is -0.620. The van der Waals surface area contributed by atoms with Crippen LogP contribution in [0.4, 0.5) is 10.2 Å². The van der Waals surface area contributed by atoms with Crippen molar-refractivity contribution in [1.82, 2.24) is 19.5 Å². The molecule has 4 rings (SSSR count). The third kappa shape index (κ3) is 3.78. The number of hydrogen-bond donors (Lipinski definition) is 3. The van der Waals surface area contributed by atoms with Gasteiger partial charge in [0.05, 0.1) is 12.9 Å². The van der Waals surface area contributed by atoms with Gasteiger partial charge in [0, 0.05) is 10.1 Å². The monoisotopic (exact) mass is 436 g/mol. The summed E-state index contributed by atoms with van der Waals surface area (Å²) in [4.78, 5) is 33.6. The van der Waals surface area contributed by atoms with E-state index in [9.17, 15) is 18.9 Å². The molecule has 1 amide bonds. The minimum atomic E-state index is -3.10. The lowest BCUT2D eigenvalue weighted by Crippen LogP contribution is -2.32. The maximum Gasteiger partial charge on any atom is 0.695 e. The van der Waals surface area contributed by atoms with Gasteiger partial charge in [-0.15, -0.1) is 9.42 Å². The molecule has 13 heteroatoms. The summed E-state index contributed by atoms with van der Waals surface area (Å²) in [7, 11) is -3.10. The first-order valence-corrected chi connectivity index (χ1v) is 9.90. The summed E-state index contributed by atoms with van der Waals surface area (Å²) < 4.78 is 37.3. The highest BCUT2D eigenvalue weighted by Crippen LogP contribution is 2.38. The molecule has 0 spiro atoms. The first-order valence-electron chi connectivity index (χ1n) is 8.77. The first kappa shape index (κ1) is 20.4. The molecule has 3 aromatic rings. The van der Waals surface area contributed by atoms with E-state index in [4.69, 9.17) is 9.63 Å². The van der Waals surface area contributed by atoms with Gasteiger partial charge in [-0.1, -0.05) is 18.2 Å². The molecular formula is C17H16FN5O6P+. The van der Waals surface area contributed by atoms with Gasteiger partial charge in [0.25, 0.3) is 5.91 Å². The van der Waals surface area contributed by atoms with Crippen LogP contribution < -0.4 is 5.32 Å². The molecule has 1 saturated heterocycles. The molecule has 1 aliphatic heterocycles. The zero-order valence-electron chi connectivity index (χ0n) is 15.2. The van der Waals surface area contributed by atoms with Crippen LogP contribution in [0.3, 0.4) is 0 Å². The van der Waals surface area contributed by atoms with Crippen molar-refractivity contribution in [1.29, 1.82) is 0 Å². The summed E-state index contributed by atoms with van der Waals surface area (Å²) in [5, 5.41) is 12.0. The molecule has 0 saturated carbocycles. The van der Waals surface area contributed by atoms with Gasteiger partial charge in [-0.05, 0) is 12.1 Å². The van der Waals surface area contributed by atoms with Gasteiger partial charge in [-0.2, -0.15) is 0 Å². The smallest absolute Gasteiger partial charge is 0.394 e. The number of hydrogen-bond acceptors (Lipinski definition) is 8. The lowest BCUT2D eigenvalue weighted by molar-refractivity contribution is -0.0436. The number of amides is 1. The van der Waals surface area contributed by atoms with Crippen LogP contribution in [0, 0.1) is 0 Å². The number of nitrogens with zero attached hydrogens (tertiary/aromatic N) is 4. The number of carbonyl (C=O) groups excluding carboxylic acids is 1. The van der Waals surface area contributed by atoms with E-state index < -0.39 is 45.4 Å². The van der Waals surface area contributed by atoms with E-state index in [2.05, 4.69) is 24.8 Å². The number of ether oxygens (including phenoxy) is 1. The lowest BCUT2D eigenvalue weighted by atomic mass is 10.1. The van der Waals surface area contributed by atoms with Gasteiger partial charge in [0.15, 0.2) is 35.5 Å². The highest BCUT2D eigenvalue weighted by atomic mass is 31.1. The number of rotatable bonds is 6. The molecule has 0 radical (unpaired) electrons. The van der Waals surface area contributed by atoms with E-state index in [0.29, 0.717) is 5.56 Å². The Morgan fingerprint density at radius 1 is 1.30 bits per heavy atom. The van der Waals surface area contributed by atoms with Crippen LogP contribution in [0.1, 0.15) is 16.6 Å². The van der Waals surface area contributed by atoms with E-state index in [0.717, 1.165) is 0 Å². The van der Waals surface area contributed by atoms with Gasteiger partial charge in [-0.25, -0.2) is 19.3 Å². The van der Waals surface area contributed by atoms with Crippen molar-refractivity contribution in [3.63, 3.8) is 0 Å². The SMILES string of the molecule is O=C(Nc1ncnc2c1ncn2[C@@H]1O[C@H](CO)[C@@H](O[P+](=O)O)[C@H]1F)c1ccccc1. The number of aliphatic hydroxyl groups excluding tert-OH is 1. The first-order chi connectivity index (χ1) is 14.5. The fourth-order valence-corrected chi connectivity index (χ4v) is 3.65. The van der Waals surface area contributed by atoms with E-state index in [1.807, 2.05) is 0 Å². The normalized spacial score (nSPS) is 24.2. The van der Waals surface area contributed by atoms with Crippen molar-refractivity contribution in [2.75, 3.05) is 11.9 Å². The molecule has 0 aliphatic carbocycles. The van der Waals surface area contributed by atoms with Crippen molar-refractivity contribution in [2.45, 2.75) is 24.6 Å². The van der Waals surface area contributed by atoms with E-state index in [1.54, 1.807) is 30.3 Å². The number of anilines is 1. The molecule has 2 aromatic heterocycles. The Morgan fingerprint density at radius 2 is 2.07 bits per heavy atom. The Morgan fingerprint density at radius 3 is 2.77 bits per heavy atom. The number of nitrogens with one attached hydrogen (secondary N) is 1.